The molecule has 3 rings (SSSR count). The van der Waals surface area contributed by atoms with Gasteiger partial charge in [0.1, 0.15) is 11.4 Å². The highest BCUT2D eigenvalue weighted by molar-refractivity contribution is 5.77. The van der Waals surface area contributed by atoms with E-state index >= 15 is 0 Å². The lowest BCUT2D eigenvalue weighted by molar-refractivity contribution is 0.0000830. The summed E-state index contributed by atoms with van der Waals surface area (Å²) < 4.78 is 11.0. The monoisotopic (exact) mass is 354 g/mol. The van der Waals surface area contributed by atoms with Gasteiger partial charge in [-0.3, -0.25) is 4.90 Å². The first kappa shape index (κ1) is 18.3. The summed E-state index contributed by atoms with van der Waals surface area (Å²) in [6.45, 7) is 5.67. The number of hydrogen-bond donors (Lipinski definition) is 0. The van der Waals surface area contributed by atoms with E-state index in [4.69, 9.17) is 9.47 Å². The molecular weight excluding hydrogens is 328 g/mol. The summed E-state index contributed by atoms with van der Waals surface area (Å²) in [6.07, 6.45) is 5.60. The van der Waals surface area contributed by atoms with Crippen molar-refractivity contribution in [3.63, 3.8) is 0 Å². The van der Waals surface area contributed by atoms with E-state index in [-0.39, 0.29) is 18.2 Å². The fourth-order valence-corrected chi connectivity index (χ4v) is 3.84. The van der Waals surface area contributed by atoms with Crippen molar-refractivity contribution >= 4 is 11.7 Å². The van der Waals surface area contributed by atoms with Crippen molar-refractivity contribution in [1.29, 1.82) is 5.26 Å². The second-order valence-electron chi connectivity index (χ2n) is 7.96. The van der Waals surface area contributed by atoms with Crippen molar-refractivity contribution in [3.05, 3.63) is 35.4 Å². The van der Waals surface area contributed by atoms with E-state index in [1.165, 1.54) is 0 Å². The number of fused-ring (bicyclic) bond motifs is 2. The molecule has 1 aromatic carbocycles. The molecule has 0 aromatic heterocycles. The number of nitrogens with zero attached hydrogens (tertiary/aromatic N) is 2. The zero-order chi connectivity index (χ0) is 18.9. The van der Waals surface area contributed by atoms with E-state index in [1.807, 2.05) is 31.7 Å². The third-order valence-electron chi connectivity index (χ3n) is 4.93. The van der Waals surface area contributed by atoms with E-state index in [2.05, 4.69) is 12.1 Å². The molecule has 1 saturated heterocycles. The Morgan fingerprint density at radius 2 is 2.08 bits per heavy atom. The number of nitriles is 1. The maximum Gasteiger partial charge on any atom is 0.411 e. The van der Waals surface area contributed by atoms with Crippen LogP contribution in [0, 0.1) is 11.3 Å². The Hall–Kier alpha value is -2.48. The predicted octanol–water partition coefficient (Wildman–Crippen LogP) is 4.51. The highest BCUT2D eigenvalue weighted by atomic mass is 16.6. The molecule has 2 bridgehead atoms. The number of benzene rings is 1. The summed E-state index contributed by atoms with van der Waals surface area (Å²) in [6, 6.07) is 7.93. The van der Waals surface area contributed by atoms with Crippen LogP contribution < -0.4 is 4.74 Å². The van der Waals surface area contributed by atoms with Gasteiger partial charge in [0, 0.05) is 6.04 Å². The van der Waals surface area contributed by atoms with Crippen LogP contribution in [0.15, 0.2) is 24.3 Å². The molecule has 138 valence electrons. The topological polar surface area (TPSA) is 62.6 Å². The van der Waals surface area contributed by atoms with Crippen LogP contribution in [0.5, 0.6) is 5.75 Å². The van der Waals surface area contributed by atoms with Crippen molar-refractivity contribution in [2.45, 2.75) is 64.1 Å². The summed E-state index contributed by atoms with van der Waals surface area (Å²) in [7, 11) is 1.62. The third kappa shape index (κ3) is 3.70. The maximum atomic E-state index is 12.7. The number of methoxy groups -OCH3 is 1. The van der Waals surface area contributed by atoms with Crippen molar-refractivity contribution in [2.75, 3.05) is 7.11 Å². The van der Waals surface area contributed by atoms with Crippen molar-refractivity contribution in [2.24, 2.45) is 0 Å². The average molecular weight is 354 g/mol. The molecule has 26 heavy (non-hydrogen) atoms. The average Bonchev–Trinajstić information content (AvgIpc) is 2.58. The highest BCUT2D eigenvalue weighted by Crippen LogP contribution is 2.39. The van der Waals surface area contributed by atoms with Gasteiger partial charge in [-0.1, -0.05) is 6.08 Å². The number of piperidine rings is 1. The molecule has 2 atom stereocenters. The largest absolute Gasteiger partial charge is 0.497 e. The molecule has 0 aliphatic carbocycles. The first-order chi connectivity index (χ1) is 12.3. The van der Waals surface area contributed by atoms with Crippen LogP contribution >= 0.6 is 0 Å². The first-order valence-electron chi connectivity index (χ1n) is 9.13. The Morgan fingerprint density at radius 3 is 2.69 bits per heavy atom. The second-order valence-corrected chi connectivity index (χ2v) is 7.96. The minimum atomic E-state index is -0.504. The van der Waals surface area contributed by atoms with Crippen LogP contribution in [0.2, 0.25) is 0 Å². The smallest absolute Gasteiger partial charge is 0.411 e. The molecule has 0 saturated carbocycles. The van der Waals surface area contributed by atoms with Crippen LogP contribution in [0.4, 0.5) is 4.79 Å². The van der Waals surface area contributed by atoms with Gasteiger partial charge in [-0.2, -0.15) is 5.26 Å². The standard InChI is InChI=1S/C21H26N2O3/c1-21(2,3)26-20(24)23-16-6-5-7-17(23)11-15(10-16)19-12-18(25-4)9-8-14(19)13-22/h8-10,12,16-17H,5-7,11H2,1-4H3. The number of hydrogen-bond acceptors (Lipinski definition) is 4. The van der Waals surface area contributed by atoms with E-state index < -0.39 is 5.60 Å². The fraction of sp³-hybridized carbons (Fsp3) is 0.524. The molecule has 5 heteroatoms. The number of carbonyl (C=O) groups excluding carboxylic acids is 1. The van der Waals surface area contributed by atoms with Crippen LogP contribution in [0.1, 0.15) is 57.6 Å². The zero-order valence-corrected chi connectivity index (χ0v) is 15.9. The maximum absolute atomic E-state index is 12.7. The SMILES string of the molecule is COc1ccc(C#N)c(C2=CC3CCCC(C2)N3C(=O)OC(C)(C)C)c1. The quantitative estimate of drug-likeness (QED) is 0.784. The van der Waals surface area contributed by atoms with Gasteiger partial charge in [0.15, 0.2) is 0 Å². The number of ether oxygens (including phenoxy) is 2. The molecule has 5 nitrogen and oxygen atoms in total. The predicted molar refractivity (Wildman–Crippen MR) is 99.8 cm³/mol. The molecule has 1 fully saturated rings. The Morgan fingerprint density at radius 1 is 1.31 bits per heavy atom. The molecular formula is C21H26N2O3. The van der Waals surface area contributed by atoms with Gasteiger partial charge in [0.2, 0.25) is 0 Å². The minimum absolute atomic E-state index is 0.0186. The van der Waals surface area contributed by atoms with E-state index in [1.54, 1.807) is 19.2 Å². The normalized spacial score (nSPS) is 22.3. The molecule has 1 amide bonds. The highest BCUT2D eigenvalue weighted by Gasteiger charge is 2.39. The van der Waals surface area contributed by atoms with Gasteiger partial charge in [0.05, 0.1) is 24.8 Å². The summed E-state index contributed by atoms with van der Waals surface area (Å²) in [5.74, 6) is 0.736. The van der Waals surface area contributed by atoms with Crippen LogP contribution in [0.25, 0.3) is 5.57 Å². The zero-order valence-electron chi connectivity index (χ0n) is 15.9. The van der Waals surface area contributed by atoms with Gasteiger partial charge in [-0.25, -0.2) is 4.79 Å². The second kappa shape index (κ2) is 7.03. The van der Waals surface area contributed by atoms with E-state index in [0.717, 1.165) is 42.6 Å². The van der Waals surface area contributed by atoms with Crippen molar-refractivity contribution in [1.82, 2.24) is 4.90 Å². The van der Waals surface area contributed by atoms with Crippen molar-refractivity contribution < 1.29 is 14.3 Å². The van der Waals surface area contributed by atoms with Gasteiger partial charge in [0.25, 0.3) is 0 Å². The molecule has 0 N–H and O–H groups in total. The van der Waals surface area contributed by atoms with E-state index in [9.17, 15) is 10.1 Å². The summed E-state index contributed by atoms with van der Waals surface area (Å²) >= 11 is 0. The Labute approximate surface area is 155 Å². The van der Waals surface area contributed by atoms with Gasteiger partial charge in [-0.05, 0) is 75.8 Å². The third-order valence-corrected chi connectivity index (χ3v) is 4.93. The van der Waals surface area contributed by atoms with Crippen LogP contribution in [-0.2, 0) is 4.74 Å². The number of carbonyl (C=O) groups is 1. The lowest BCUT2D eigenvalue weighted by atomic mass is 9.82. The molecule has 2 aliphatic rings. The fourth-order valence-electron chi connectivity index (χ4n) is 3.84. The summed E-state index contributed by atoms with van der Waals surface area (Å²) in [5, 5.41) is 9.48. The number of amides is 1. The molecule has 0 spiro atoms. The Balaban J connectivity index is 1.94. The van der Waals surface area contributed by atoms with E-state index in [0.29, 0.717) is 5.56 Å². The van der Waals surface area contributed by atoms with Gasteiger partial charge >= 0.3 is 6.09 Å². The molecule has 1 aromatic rings. The van der Waals surface area contributed by atoms with Crippen molar-refractivity contribution in [3.8, 4) is 11.8 Å². The Bertz CT molecular complexity index is 770. The molecule has 2 aliphatic heterocycles. The summed E-state index contributed by atoms with van der Waals surface area (Å²) in [4.78, 5) is 14.6. The van der Waals surface area contributed by atoms with Crippen LogP contribution in [0.3, 0.4) is 0 Å². The first-order valence-corrected chi connectivity index (χ1v) is 9.13. The summed E-state index contributed by atoms with van der Waals surface area (Å²) in [5.41, 5.74) is 2.17. The Kier molecular flexibility index (Phi) is 4.95. The van der Waals surface area contributed by atoms with Crippen LogP contribution in [-0.4, -0.2) is 35.8 Å². The van der Waals surface area contributed by atoms with Gasteiger partial charge in [-0.15, -0.1) is 0 Å². The minimum Gasteiger partial charge on any atom is -0.497 e. The number of rotatable bonds is 2. The molecule has 2 heterocycles. The lowest BCUT2D eigenvalue weighted by Crippen LogP contribution is -2.53. The van der Waals surface area contributed by atoms with Gasteiger partial charge < -0.3 is 9.47 Å². The molecule has 2 unspecified atom stereocenters. The lowest BCUT2D eigenvalue weighted by Gasteiger charge is -2.45. The molecule has 0 radical (unpaired) electrons.